The van der Waals surface area contributed by atoms with Crippen molar-refractivity contribution in [2.24, 2.45) is 7.05 Å². The number of rotatable bonds is 5. The van der Waals surface area contributed by atoms with Gasteiger partial charge in [0.05, 0.1) is 10.7 Å². The lowest BCUT2D eigenvalue weighted by atomic mass is 9.97. The molecule has 0 fully saturated rings. The highest BCUT2D eigenvalue weighted by atomic mass is 35.5. The molecule has 0 saturated carbocycles. The largest absolute Gasteiger partial charge is 0.451 e. The number of esters is 1. The van der Waals surface area contributed by atoms with Gasteiger partial charge in [0.15, 0.2) is 6.61 Å². The van der Waals surface area contributed by atoms with Crippen molar-refractivity contribution in [1.82, 2.24) is 4.57 Å². The molecule has 4 rings (SSSR count). The van der Waals surface area contributed by atoms with E-state index >= 15 is 0 Å². The van der Waals surface area contributed by atoms with E-state index in [1.54, 1.807) is 36.4 Å². The Morgan fingerprint density at radius 2 is 1.61 bits per heavy atom. The van der Waals surface area contributed by atoms with Crippen LogP contribution in [0.25, 0.3) is 21.9 Å². The Morgan fingerprint density at radius 3 is 2.33 bits per heavy atom. The van der Waals surface area contributed by atoms with Crippen molar-refractivity contribution in [3.8, 4) is 11.1 Å². The summed E-state index contributed by atoms with van der Waals surface area (Å²) >= 11 is 12.0. The lowest BCUT2D eigenvalue weighted by Gasteiger charge is -2.16. The van der Waals surface area contributed by atoms with Gasteiger partial charge in [0.1, 0.15) is 5.69 Å². The van der Waals surface area contributed by atoms with E-state index in [9.17, 15) is 14.4 Å². The Morgan fingerprint density at radius 1 is 0.939 bits per heavy atom. The predicted molar refractivity (Wildman–Crippen MR) is 130 cm³/mol. The maximum absolute atomic E-state index is 13.1. The molecule has 0 radical (unpaired) electrons. The quantitative estimate of drug-likeness (QED) is 0.392. The number of nitrogens with zero attached hydrogens (tertiary/aromatic N) is 1. The fourth-order valence-corrected chi connectivity index (χ4v) is 3.92. The molecular weight excluding hydrogens is 463 g/mol. The minimum atomic E-state index is -0.799. The molecule has 0 aliphatic heterocycles. The van der Waals surface area contributed by atoms with E-state index in [1.807, 2.05) is 30.3 Å². The molecule has 1 heterocycles. The third-order valence-corrected chi connectivity index (χ3v) is 5.66. The molecule has 3 aromatic carbocycles. The number of hydrogen-bond acceptors (Lipinski definition) is 4. The van der Waals surface area contributed by atoms with Crippen LogP contribution in [0.2, 0.25) is 10.0 Å². The second-order valence-electron chi connectivity index (χ2n) is 7.25. The number of carbonyl (C=O) groups excluding carboxylic acids is 2. The number of aromatic nitrogens is 1. The van der Waals surface area contributed by atoms with E-state index in [0.29, 0.717) is 32.1 Å². The molecule has 0 bridgehead atoms. The smallest absolute Gasteiger partial charge is 0.356 e. The first-order chi connectivity index (χ1) is 15.9. The fourth-order valence-electron chi connectivity index (χ4n) is 3.58. The normalized spacial score (nSPS) is 10.8. The number of benzene rings is 3. The molecule has 0 aliphatic rings. The third kappa shape index (κ3) is 4.62. The van der Waals surface area contributed by atoms with Crippen LogP contribution in [0.1, 0.15) is 10.5 Å². The second kappa shape index (κ2) is 9.48. The van der Waals surface area contributed by atoms with Gasteiger partial charge in [-0.2, -0.15) is 0 Å². The summed E-state index contributed by atoms with van der Waals surface area (Å²) in [5, 5.41) is 4.34. The van der Waals surface area contributed by atoms with Crippen molar-refractivity contribution in [1.29, 1.82) is 0 Å². The van der Waals surface area contributed by atoms with Crippen molar-refractivity contribution < 1.29 is 14.3 Å². The molecular formula is C25H18Cl2N2O4. The summed E-state index contributed by atoms with van der Waals surface area (Å²) in [7, 11) is 1.50. The third-order valence-electron chi connectivity index (χ3n) is 5.10. The van der Waals surface area contributed by atoms with E-state index < -0.39 is 18.5 Å². The van der Waals surface area contributed by atoms with E-state index in [-0.39, 0.29) is 11.3 Å². The van der Waals surface area contributed by atoms with Gasteiger partial charge in [-0.25, -0.2) is 4.79 Å². The van der Waals surface area contributed by atoms with E-state index in [0.717, 1.165) is 5.56 Å². The lowest BCUT2D eigenvalue weighted by molar-refractivity contribution is -0.119. The number of anilines is 1. The number of ether oxygens (including phenoxy) is 1. The van der Waals surface area contributed by atoms with Crippen LogP contribution >= 0.6 is 23.2 Å². The first kappa shape index (κ1) is 22.6. The fraction of sp³-hybridized carbons (Fsp3) is 0.0800. The number of pyridine rings is 1. The van der Waals surface area contributed by atoms with Crippen LogP contribution in [0.15, 0.2) is 77.6 Å². The Balaban J connectivity index is 1.68. The molecule has 8 heteroatoms. The van der Waals surface area contributed by atoms with Gasteiger partial charge in [-0.3, -0.25) is 9.59 Å². The molecule has 0 atom stereocenters. The van der Waals surface area contributed by atoms with E-state index in [1.165, 1.54) is 17.7 Å². The van der Waals surface area contributed by atoms with E-state index in [4.69, 9.17) is 27.9 Å². The van der Waals surface area contributed by atoms with Gasteiger partial charge in [-0.05, 0) is 35.2 Å². The summed E-state index contributed by atoms with van der Waals surface area (Å²) in [5.41, 5.74) is 1.31. The lowest BCUT2D eigenvalue weighted by Crippen LogP contribution is -2.28. The maximum atomic E-state index is 13.1. The van der Waals surface area contributed by atoms with Gasteiger partial charge < -0.3 is 14.6 Å². The minimum absolute atomic E-state index is 0.0542. The van der Waals surface area contributed by atoms with Crippen molar-refractivity contribution in [3.63, 3.8) is 0 Å². The average molecular weight is 481 g/mol. The number of fused-ring (bicyclic) bond motifs is 1. The molecule has 0 spiro atoms. The zero-order valence-corrected chi connectivity index (χ0v) is 19.0. The van der Waals surface area contributed by atoms with Gasteiger partial charge >= 0.3 is 5.97 Å². The first-order valence-electron chi connectivity index (χ1n) is 9.96. The van der Waals surface area contributed by atoms with Crippen LogP contribution in [-0.4, -0.2) is 23.1 Å². The Labute approximate surface area is 199 Å². The number of halogens is 2. The van der Waals surface area contributed by atoms with Crippen molar-refractivity contribution >= 4 is 51.5 Å². The van der Waals surface area contributed by atoms with Crippen molar-refractivity contribution in [2.75, 3.05) is 11.9 Å². The van der Waals surface area contributed by atoms with Gasteiger partial charge in [0, 0.05) is 23.0 Å². The molecule has 1 N–H and O–H groups in total. The standard InChI is InChI=1S/C25H18Cl2N2O4/c1-29-23(25(32)33-14-21(30)28-20-13-16(26)11-12-19(20)27)22(15-7-3-2-4-8-15)17-9-5-6-10-18(17)24(29)31/h2-13H,14H2,1H3,(H,28,30). The van der Waals surface area contributed by atoms with Crippen LogP contribution in [0.5, 0.6) is 0 Å². The molecule has 1 amide bonds. The molecule has 33 heavy (non-hydrogen) atoms. The van der Waals surface area contributed by atoms with Crippen molar-refractivity contribution in [2.45, 2.75) is 0 Å². The highest BCUT2D eigenvalue weighted by molar-refractivity contribution is 6.35. The topological polar surface area (TPSA) is 77.4 Å². The van der Waals surface area contributed by atoms with Gasteiger partial charge in [0.2, 0.25) is 0 Å². The second-order valence-corrected chi connectivity index (χ2v) is 8.09. The number of amides is 1. The van der Waals surface area contributed by atoms with Crippen LogP contribution in [-0.2, 0) is 16.6 Å². The van der Waals surface area contributed by atoms with Crippen LogP contribution < -0.4 is 10.9 Å². The van der Waals surface area contributed by atoms with Gasteiger partial charge in [0.25, 0.3) is 11.5 Å². The minimum Gasteiger partial charge on any atom is -0.451 e. The molecule has 6 nitrogen and oxygen atoms in total. The molecule has 1 aromatic heterocycles. The zero-order valence-electron chi connectivity index (χ0n) is 17.5. The van der Waals surface area contributed by atoms with Crippen LogP contribution in [0.3, 0.4) is 0 Å². The molecule has 0 saturated heterocycles. The number of hydrogen-bond donors (Lipinski definition) is 1. The van der Waals surface area contributed by atoms with E-state index in [2.05, 4.69) is 5.32 Å². The first-order valence-corrected chi connectivity index (χ1v) is 10.7. The summed E-state index contributed by atoms with van der Waals surface area (Å²) in [6, 6.07) is 20.9. The number of carbonyl (C=O) groups is 2. The number of nitrogens with one attached hydrogen (secondary N) is 1. The van der Waals surface area contributed by atoms with Crippen molar-refractivity contribution in [3.05, 3.63) is 98.9 Å². The van der Waals surface area contributed by atoms with Gasteiger partial charge in [-0.1, -0.05) is 71.7 Å². The van der Waals surface area contributed by atoms with Crippen LogP contribution in [0, 0.1) is 0 Å². The molecule has 0 aliphatic carbocycles. The Bertz CT molecular complexity index is 1430. The highest BCUT2D eigenvalue weighted by Gasteiger charge is 2.23. The average Bonchev–Trinajstić information content (AvgIpc) is 2.82. The zero-order chi connectivity index (χ0) is 23.5. The summed E-state index contributed by atoms with van der Waals surface area (Å²) in [5.74, 6) is -1.40. The monoisotopic (exact) mass is 480 g/mol. The maximum Gasteiger partial charge on any atom is 0.356 e. The summed E-state index contributed by atoms with van der Waals surface area (Å²) < 4.78 is 6.54. The summed E-state index contributed by atoms with van der Waals surface area (Å²) in [6.07, 6.45) is 0. The Kier molecular flexibility index (Phi) is 6.49. The summed E-state index contributed by atoms with van der Waals surface area (Å²) in [4.78, 5) is 38.4. The van der Waals surface area contributed by atoms with Crippen LogP contribution in [0.4, 0.5) is 5.69 Å². The highest BCUT2D eigenvalue weighted by Crippen LogP contribution is 2.31. The molecule has 166 valence electrons. The molecule has 0 unspecified atom stereocenters. The van der Waals surface area contributed by atoms with Gasteiger partial charge in [-0.15, -0.1) is 0 Å². The Hall–Kier alpha value is -3.61. The molecule has 4 aromatic rings. The SMILES string of the molecule is Cn1c(C(=O)OCC(=O)Nc2cc(Cl)ccc2Cl)c(-c2ccccc2)c2ccccc2c1=O. The predicted octanol–water partition coefficient (Wildman–Crippen LogP) is 5.31. The summed E-state index contributed by atoms with van der Waals surface area (Å²) in [6.45, 7) is -0.572.